The topological polar surface area (TPSA) is 55.4 Å². The zero-order valence-electron chi connectivity index (χ0n) is 12.1. The van der Waals surface area contributed by atoms with Crippen molar-refractivity contribution in [2.24, 2.45) is 11.8 Å². The van der Waals surface area contributed by atoms with Gasteiger partial charge in [-0.3, -0.25) is 4.79 Å². The Hall–Kier alpha value is -1.84. The molecule has 1 saturated heterocycles. The number of rotatable bonds is 5. The van der Waals surface area contributed by atoms with Crippen LogP contribution < -0.4 is 5.32 Å². The quantitative estimate of drug-likeness (QED) is 0.668. The molecule has 1 heterocycles. The molecule has 1 aliphatic carbocycles. The third-order valence-electron chi connectivity index (χ3n) is 4.58. The molecule has 1 aliphatic heterocycles. The number of hydrogen-bond acceptors (Lipinski definition) is 3. The van der Waals surface area contributed by atoms with Gasteiger partial charge in [0.2, 0.25) is 5.91 Å². The number of ether oxygens (including phenoxy) is 1. The van der Waals surface area contributed by atoms with Crippen molar-refractivity contribution in [1.29, 1.82) is 0 Å². The molecule has 1 amide bonds. The number of benzene rings is 1. The Labute approximate surface area is 124 Å². The maximum Gasteiger partial charge on any atom is 0.329 e. The second kappa shape index (κ2) is 6.29. The number of carbonyl (C=O) groups is 2. The van der Waals surface area contributed by atoms with Crippen LogP contribution in [0.3, 0.4) is 0 Å². The van der Waals surface area contributed by atoms with Crippen LogP contribution >= 0.6 is 0 Å². The average molecular weight is 287 g/mol. The predicted octanol–water partition coefficient (Wildman–Crippen LogP) is 2.42. The van der Waals surface area contributed by atoms with Crippen LogP contribution in [0.25, 0.3) is 0 Å². The smallest absolute Gasteiger partial charge is 0.329 e. The number of hydrogen-bond donors (Lipinski definition) is 1. The van der Waals surface area contributed by atoms with Crippen LogP contribution in [0.5, 0.6) is 0 Å². The second-order valence-electron chi connectivity index (χ2n) is 6.07. The first-order valence-corrected chi connectivity index (χ1v) is 7.75. The lowest BCUT2D eigenvalue weighted by Crippen LogP contribution is -2.62. The van der Waals surface area contributed by atoms with Crippen LogP contribution in [0, 0.1) is 11.8 Å². The summed E-state index contributed by atoms with van der Waals surface area (Å²) in [7, 11) is 0. The monoisotopic (exact) mass is 287 g/mol. The van der Waals surface area contributed by atoms with Gasteiger partial charge in [-0.05, 0) is 17.9 Å². The summed E-state index contributed by atoms with van der Waals surface area (Å²) in [6.07, 6.45) is 5.71. The SMILES string of the molecule is O=C(OCc1ccccc1)[C@H]1NC(=O)[C@@H]1CC1CCCC1. The van der Waals surface area contributed by atoms with Crippen LogP contribution in [0.2, 0.25) is 0 Å². The van der Waals surface area contributed by atoms with Gasteiger partial charge in [-0.15, -0.1) is 0 Å². The van der Waals surface area contributed by atoms with E-state index in [2.05, 4.69) is 5.32 Å². The molecule has 1 saturated carbocycles. The summed E-state index contributed by atoms with van der Waals surface area (Å²) in [5.41, 5.74) is 0.962. The maximum atomic E-state index is 12.1. The molecule has 0 unspecified atom stereocenters. The summed E-state index contributed by atoms with van der Waals surface area (Å²) in [4.78, 5) is 23.8. The molecule has 4 heteroatoms. The molecular weight excluding hydrogens is 266 g/mol. The van der Waals surface area contributed by atoms with Gasteiger partial charge in [0.1, 0.15) is 12.6 Å². The van der Waals surface area contributed by atoms with Gasteiger partial charge < -0.3 is 10.1 Å². The van der Waals surface area contributed by atoms with E-state index < -0.39 is 6.04 Å². The molecule has 2 atom stereocenters. The first-order valence-electron chi connectivity index (χ1n) is 7.75. The van der Waals surface area contributed by atoms with Crippen LogP contribution in [0.4, 0.5) is 0 Å². The van der Waals surface area contributed by atoms with Crippen molar-refractivity contribution in [3.05, 3.63) is 35.9 Å². The van der Waals surface area contributed by atoms with E-state index >= 15 is 0 Å². The third kappa shape index (κ3) is 3.26. The molecule has 1 aromatic rings. The van der Waals surface area contributed by atoms with Crippen molar-refractivity contribution in [3.8, 4) is 0 Å². The number of amides is 1. The van der Waals surface area contributed by atoms with Crippen molar-refractivity contribution in [2.45, 2.75) is 44.8 Å². The fourth-order valence-electron chi connectivity index (χ4n) is 3.31. The largest absolute Gasteiger partial charge is 0.459 e. The first kappa shape index (κ1) is 14.1. The van der Waals surface area contributed by atoms with Gasteiger partial charge in [-0.25, -0.2) is 4.79 Å². The Bertz CT molecular complexity index is 508. The molecule has 0 radical (unpaired) electrons. The third-order valence-corrected chi connectivity index (χ3v) is 4.58. The number of esters is 1. The Balaban J connectivity index is 1.50. The Kier molecular flexibility index (Phi) is 4.23. The molecule has 2 fully saturated rings. The highest BCUT2D eigenvalue weighted by Crippen LogP contribution is 2.34. The molecule has 21 heavy (non-hydrogen) atoms. The highest BCUT2D eigenvalue weighted by atomic mass is 16.5. The van der Waals surface area contributed by atoms with Gasteiger partial charge in [0.25, 0.3) is 0 Å². The summed E-state index contributed by atoms with van der Waals surface area (Å²) < 4.78 is 5.32. The highest BCUT2D eigenvalue weighted by Gasteiger charge is 2.45. The van der Waals surface area contributed by atoms with Gasteiger partial charge in [0, 0.05) is 0 Å². The zero-order valence-corrected chi connectivity index (χ0v) is 12.1. The second-order valence-corrected chi connectivity index (χ2v) is 6.07. The molecule has 1 N–H and O–H groups in total. The van der Waals surface area contributed by atoms with E-state index in [4.69, 9.17) is 4.74 Å². The van der Waals surface area contributed by atoms with Crippen LogP contribution in [-0.4, -0.2) is 17.9 Å². The normalized spacial score (nSPS) is 25.2. The Morgan fingerprint density at radius 1 is 1.19 bits per heavy atom. The van der Waals surface area contributed by atoms with E-state index in [9.17, 15) is 9.59 Å². The molecule has 0 spiro atoms. The summed E-state index contributed by atoms with van der Waals surface area (Å²) in [6.45, 7) is 0.266. The summed E-state index contributed by atoms with van der Waals surface area (Å²) in [6, 6.07) is 9.15. The minimum atomic E-state index is -0.443. The van der Waals surface area contributed by atoms with Gasteiger partial charge in [-0.2, -0.15) is 0 Å². The van der Waals surface area contributed by atoms with Crippen molar-refractivity contribution < 1.29 is 14.3 Å². The lowest BCUT2D eigenvalue weighted by atomic mass is 9.82. The number of nitrogens with one attached hydrogen (secondary N) is 1. The number of carbonyl (C=O) groups excluding carboxylic acids is 2. The van der Waals surface area contributed by atoms with E-state index in [1.807, 2.05) is 30.3 Å². The van der Waals surface area contributed by atoms with Gasteiger partial charge in [0.05, 0.1) is 5.92 Å². The van der Waals surface area contributed by atoms with E-state index in [0.29, 0.717) is 5.92 Å². The molecule has 0 bridgehead atoms. The maximum absolute atomic E-state index is 12.1. The van der Waals surface area contributed by atoms with Gasteiger partial charge in [-0.1, -0.05) is 56.0 Å². The fraction of sp³-hybridized carbons (Fsp3) is 0.529. The zero-order chi connectivity index (χ0) is 14.7. The van der Waals surface area contributed by atoms with Crippen molar-refractivity contribution in [3.63, 3.8) is 0 Å². The molecule has 1 aromatic carbocycles. The van der Waals surface area contributed by atoms with Crippen LogP contribution in [0.1, 0.15) is 37.7 Å². The average Bonchev–Trinajstić information content (AvgIpc) is 3.02. The molecule has 112 valence electrons. The van der Waals surface area contributed by atoms with E-state index in [0.717, 1.165) is 12.0 Å². The molecule has 4 nitrogen and oxygen atoms in total. The van der Waals surface area contributed by atoms with E-state index in [1.54, 1.807) is 0 Å². The Morgan fingerprint density at radius 2 is 1.90 bits per heavy atom. The summed E-state index contributed by atoms with van der Waals surface area (Å²) in [5.74, 6) is 0.117. The van der Waals surface area contributed by atoms with Crippen molar-refractivity contribution >= 4 is 11.9 Å². The van der Waals surface area contributed by atoms with E-state index in [-0.39, 0.29) is 24.4 Å². The fourth-order valence-corrected chi connectivity index (χ4v) is 3.31. The van der Waals surface area contributed by atoms with Crippen LogP contribution in [0.15, 0.2) is 30.3 Å². The summed E-state index contributed by atoms with van der Waals surface area (Å²) >= 11 is 0. The minimum Gasteiger partial charge on any atom is -0.459 e. The van der Waals surface area contributed by atoms with E-state index in [1.165, 1.54) is 25.7 Å². The first-order chi connectivity index (χ1) is 10.2. The van der Waals surface area contributed by atoms with Crippen molar-refractivity contribution in [2.75, 3.05) is 0 Å². The van der Waals surface area contributed by atoms with Gasteiger partial charge >= 0.3 is 5.97 Å². The number of β-lactam (4-membered cyclic amide) rings is 1. The standard InChI is InChI=1S/C17H21NO3/c19-16-14(10-12-6-4-5-7-12)15(18-16)17(20)21-11-13-8-2-1-3-9-13/h1-3,8-9,12,14-15H,4-7,10-11H2,(H,18,19)/t14-,15+/m1/s1. The van der Waals surface area contributed by atoms with Gasteiger partial charge in [0.15, 0.2) is 0 Å². The Morgan fingerprint density at radius 3 is 2.57 bits per heavy atom. The molecule has 0 aromatic heterocycles. The molecule has 2 aliphatic rings. The molecule has 3 rings (SSSR count). The van der Waals surface area contributed by atoms with Crippen molar-refractivity contribution in [1.82, 2.24) is 5.32 Å². The summed E-state index contributed by atoms with van der Waals surface area (Å²) in [5, 5.41) is 2.69. The minimum absolute atomic E-state index is 0.00330. The lowest BCUT2D eigenvalue weighted by Gasteiger charge is -2.36. The predicted molar refractivity (Wildman–Crippen MR) is 78.2 cm³/mol. The molecular formula is C17H21NO3. The van der Waals surface area contributed by atoms with Crippen LogP contribution in [-0.2, 0) is 20.9 Å². The highest BCUT2D eigenvalue weighted by molar-refractivity contribution is 5.97. The lowest BCUT2D eigenvalue weighted by molar-refractivity contribution is -0.159.